The quantitative estimate of drug-likeness (QED) is 0.561. The van der Waals surface area contributed by atoms with Gasteiger partial charge in [-0.1, -0.05) is 29.8 Å². The number of hydrogen-bond acceptors (Lipinski definition) is 4. The number of carbonyl (C=O) groups is 2. The molecule has 0 aliphatic carbocycles. The third kappa shape index (κ3) is 5.28. The summed E-state index contributed by atoms with van der Waals surface area (Å²) in [5.74, 6) is -1.41. The highest BCUT2D eigenvalue weighted by Gasteiger charge is 2.25. The summed E-state index contributed by atoms with van der Waals surface area (Å²) in [6.07, 6.45) is -0.597. The van der Waals surface area contributed by atoms with Gasteiger partial charge in [0.25, 0.3) is 0 Å². The smallest absolute Gasteiger partial charge is 0.226 e. The van der Waals surface area contributed by atoms with E-state index in [0.29, 0.717) is 23.2 Å². The summed E-state index contributed by atoms with van der Waals surface area (Å²) >= 11 is 0. The molecule has 0 unspecified atom stereocenters. The van der Waals surface area contributed by atoms with Crippen molar-refractivity contribution < 1.29 is 14.7 Å². The zero-order chi connectivity index (χ0) is 21.6. The predicted molar refractivity (Wildman–Crippen MR) is 110 cm³/mol. The van der Waals surface area contributed by atoms with Crippen LogP contribution in [0, 0.1) is 37.7 Å². The van der Waals surface area contributed by atoms with Crippen LogP contribution in [0.2, 0.25) is 0 Å². The van der Waals surface area contributed by atoms with Gasteiger partial charge < -0.3 is 10.4 Å². The van der Waals surface area contributed by atoms with Crippen LogP contribution in [0.4, 0.5) is 5.69 Å². The fourth-order valence-corrected chi connectivity index (χ4v) is 3.06. The maximum Gasteiger partial charge on any atom is 0.226 e. The van der Waals surface area contributed by atoms with Gasteiger partial charge in [-0.3, -0.25) is 9.59 Å². The van der Waals surface area contributed by atoms with Gasteiger partial charge in [0, 0.05) is 5.56 Å². The van der Waals surface area contributed by atoms with Crippen LogP contribution in [-0.4, -0.2) is 29.4 Å². The first-order valence-corrected chi connectivity index (χ1v) is 9.24. The summed E-state index contributed by atoms with van der Waals surface area (Å²) < 4.78 is 0. The molecule has 0 saturated heterocycles. The monoisotopic (exact) mass is 389 g/mol. The minimum Gasteiger partial charge on any atom is -0.393 e. The molecule has 2 atom stereocenters. The van der Waals surface area contributed by atoms with Gasteiger partial charge in [-0.25, -0.2) is 4.85 Å². The van der Waals surface area contributed by atoms with Gasteiger partial charge in [-0.15, -0.1) is 0 Å². The van der Waals surface area contributed by atoms with Crippen molar-refractivity contribution in [2.45, 2.75) is 33.3 Å². The fraction of sp³-hybridized carbons (Fsp3) is 0.304. The number of hydrogen-bond donors (Lipinski definition) is 2. The molecule has 0 saturated carbocycles. The third-order valence-electron chi connectivity index (χ3n) is 5.11. The maximum absolute atomic E-state index is 12.6. The van der Waals surface area contributed by atoms with Crippen molar-refractivity contribution in [3.05, 3.63) is 75.6 Å². The van der Waals surface area contributed by atoms with Crippen LogP contribution >= 0.6 is 0 Å². The molecule has 6 nitrogen and oxygen atoms in total. The number of ketones is 1. The Balaban J connectivity index is 2.08. The van der Waals surface area contributed by atoms with Gasteiger partial charge in [0.05, 0.1) is 36.8 Å². The van der Waals surface area contributed by atoms with Crippen molar-refractivity contribution in [2.24, 2.45) is 5.92 Å². The van der Waals surface area contributed by atoms with E-state index in [2.05, 4.69) is 10.2 Å². The average molecular weight is 389 g/mol. The van der Waals surface area contributed by atoms with Gasteiger partial charge in [-0.2, -0.15) is 5.26 Å². The van der Waals surface area contributed by atoms with E-state index in [1.165, 1.54) is 0 Å². The van der Waals surface area contributed by atoms with Gasteiger partial charge in [-0.05, 0) is 50.5 Å². The highest BCUT2D eigenvalue weighted by Crippen LogP contribution is 2.27. The zero-order valence-corrected chi connectivity index (χ0v) is 16.7. The number of amides is 1. The Morgan fingerprint density at radius 3 is 2.38 bits per heavy atom. The molecule has 0 bridgehead atoms. The van der Waals surface area contributed by atoms with Crippen LogP contribution in [-0.2, 0) is 11.2 Å². The van der Waals surface area contributed by atoms with Crippen LogP contribution in [0.3, 0.4) is 0 Å². The van der Waals surface area contributed by atoms with Gasteiger partial charge in [0.1, 0.15) is 0 Å². The van der Waals surface area contributed by atoms with E-state index in [-0.39, 0.29) is 12.3 Å². The predicted octanol–water partition coefficient (Wildman–Crippen LogP) is 3.26. The second-order valence-electron chi connectivity index (χ2n) is 6.99. The van der Waals surface area contributed by atoms with Gasteiger partial charge >= 0.3 is 0 Å². The Hall–Kier alpha value is -3.48. The Morgan fingerprint density at radius 2 is 1.83 bits per heavy atom. The molecule has 2 rings (SSSR count). The van der Waals surface area contributed by atoms with Crippen LogP contribution in [0.15, 0.2) is 36.4 Å². The molecule has 0 spiro atoms. The summed E-state index contributed by atoms with van der Waals surface area (Å²) in [5.41, 5.74) is 4.09. The summed E-state index contributed by atoms with van der Waals surface area (Å²) in [5, 5.41) is 21.5. The lowest BCUT2D eigenvalue weighted by Crippen LogP contribution is -2.40. The number of nitriles is 1. The minimum atomic E-state index is -0.903. The Bertz CT molecular complexity index is 996. The van der Waals surface area contributed by atoms with E-state index in [0.717, 1.165) is 16.7 Å². The summed E-state index contributed by atoms with van der Waals surface area (Å²) in [4.78, 5) is 28.4. The molecule has 2 N–H and O–H groups in total. The van der Waals surface area contributed by atoms with E-state index < -0.39 is 17.9 Å². The molecule has 1 amide bonds. The molecule has 0 aromatic heterocycles. The van der Waals surface area contributed by atoms with Crippen molar-refractivity contribution in [3.63, 3.8) is 0 Å². The SMILES string of the molecule is [C-]#[N+]c1ccc(C[C@@H](C(=O)NCC(=O)c2ccc(C#N)cc2)[C@H](C)O)c(C)c1C. The fourth-order valence-electron chi connectivity index (χ4n) is 3.06. The summed E-state index contributed by atoms with van der Waals surface area (Å²) in [6.45, 7) is 12.3. The second kappa shape index (κ2) is 9.64. The summed E-state index contributed by atoms with van der Waals surface area (Å²) in [6, 6.07) is 11.7. The highest BCUT2D eigenvalue weighted by atomic mass is 16.3. The van der Waals surface area contributed by atoms with E-state index >= 15 is 0 Å². The van der Waals surface area contributed by atoms with Crippen molar-refractivity contribution >= 4 is 17.4 Å². The number of aliphatic hydroxyl groups is 1. The third-order valence-corrected chi connectivity index (χ3v) is 5.11. The van der Waals surface area contributed by atoms with E-state index in [9.17, 15) is 14.7 Å². The number of aliphatic hydroxyl groups excluding tert-OH is 1. The largest absolute Gasteiger partial charge is 0.393 e. The van der Waals surface area contributed by atoms with Crippen LogP contribution < -0.4 is 5.32 Å². The lowest BCUT2D eigenvalue weighted by Gasteiger charge is -2.21. The van der Waals surface area contributed by atoms with Crippen LogP contribution in [0.1, 0.15) is 39.5 Å². The topological polar surface area (TPSA) is 94.5 Å². The van der Waals surface area contributed by atoms with Gasteiger partial charge in [0.15, 0.2) is 11.5 Å². The molecule has 0 heterocycles. The van der Waals surface area contributed by atoms with E-state index in [1.54, 1.807) is 43.3 Å². The lowest BCUT2D eigenvalue weighted by molar-refractivity contribution is -0.127. The van der Waals surface area contributed by atoms with Crippen LogP contribution in [0.5, 0.6) is 0 Å². The number of benzene rings is 2. The van der Waals surface area contributed by atoms with E-state index in [4.69, 9.17) is 11.8 Å². The maximum atomic E-state index is 12.6. The number of carbonyl (C=O) groups excluding carboxylic acids is 2. The van der Waals surface area contributed by atoms with Crippen molar-refractivity contribution in [1.82, 2.24) is 5.32 Å². The number of nitrogens with zero attached hydrogens (tertiary/aromatic N) is 2. The van der Waals surface area contributed by atoms with Crippen molar-refractivity contribution in [1.29, 1.82) is 5.26 Å². The number of Topliss-reactive ketones (excluding diaryl/α,β-unsaturated/α-hetero) is 1. The minimum absolute atomic E-state index is 0.192. The molecule has 29 heavy (non-hydrogen) atoms. The molecule has 2 aromatic carbocycles. The average Bonchev–Trinajstić information content (AvgIpc) is 2.72. The molecular formula is C23H23N3O3. The molecule has 0 aliphatic rings. The Labute approximate surface area is 170 Å². The Kier molecular flexibility index (Phi) is 7.25. The molecule has 2 aromatic rings. The normalized spacial score (nSPS) is 12.3. The standard InChI is InChI=1S/C23H23N3O3/c1-14-15(2)21(25-4)10-9-19(14)11-20(16(3)27)23(29)26-13-22(28)18-7-5-17(12-24)6-8-18/h5-10,16,20,27H,11,13H2,1-3H3,(H,26,29)/t16-,20+/m0/s1. The molecular weight excluding hydrogens is 366 g/mol. The lowest BCUT2D eigenvalue weighted by atomic mass is 9.89. The first kappa shape index (κ1) is 21.8. The molecule has 148 valence electrons. The Morgan fingerprint density at radius 1 is 1.17 bits per heavy atom. The highest BCUT2D eigenvalue weighted by molar-refractivity contribution is 5.99. The van der Waals surface area contributed by atoms with Crippen molar-refractivity contribution in [2.75, 3.05) is 6.54 Å². The number of nitrogens with one attached hydrogen (secondary N) is 1. The van der Waals surface area contributed by atoms with Crippen molar-refractivity contribution in [3.8, 4) is 6.07 Å². The molecule has 6 heteroatoms. The molecule has 0 aliphatic heterocycles. The van der Waals surface area contributed by atoms with Crippen LogP contribution in [0.25, 0.3) is 4.85 Å². The van der Waals surface area contributed by atoms with Gasteiger partial charge in [0.2, 0.25) is 5.91 Å². The zero-order valence-electron chi connectivity index (χ0n) is 16.7. The first-order chi connectivity index (χ1) is 13.8. The number of rotatable bonds is 7. The summed E-state index contributed by atoms with van der Waals surface area (Å²) in [7, 11) is 0. The molecule has 0 fully saturated rings. The molecule has 0 radical (unpaired) electrons. The first-order valence-electron chi connectivity index (χ1n) is 9.24. The van der Waals surface area contributed by atoms with E-state index in [1.807, 2.05) is 19.9 Å². The second-order valence-corrected chi connectivity index (χ2v) is 6.99.